The number of nitrogens with two attached hydrogens (primary N) is 1. The van der Waals surface area contributed by atoms with Crippen molar-refractivity contribution in [3.05, 3.63) is 156 Å². The summed E-state index contributed by atoms with van der Waals surface area (Å²) in [5.41, 5.74) is 15.3. The molecule has 1 aliphatic rings. The Morgan fingerprint density at radius 2 is 1.45 bits per heavy atom. The maximum Gasteiger partial charge on any atom is 0.153 e. The number of nitrogens with one attached hydrogen (secondary N) is 2. The zero-order chi connectivity index (χ0) is 31.3. The highest BCUT2D eigenvalue weighted by Crippen LogP contribution is 2.38. The first-order valence-corrected chi connectivity index (χ1v) is 16.1. The Morgan fingerprint density at radius 3 is 2.32 bits per heavy atom. The number of fused-ring (bicyclic) bond motifs is 6. The van der Waals surface area contributed by atoms with Crippen LogP contribution in [0.25, 0.3) is 54.4 Å². The zero-order valence-corrected chi connectivity index (χ0v) is 25.7. The lowest BCUT2D eigenvalue weighted by Crippen LogP contribution is -2.19. The van der Waals surface area contributed by atoms with Gasteiger partial charge < -0.3 is 20.8 Å². The van der Waals surface area contributed by atoms with Crippen LogP contribution in [0.5, 0.6) is 11.5 Å². The highest BCUT2D eigenvalue weighted by atomic mass is 16.5. The normalized spacial score (nSPS) is 14.1. The average Bonchev–Trinajstić information content (AvgIpc) is 3.48. The third-order valence-electron chi connectivity index (χ3n) is 9.33. The number of nitrogens with zero attached hydrogens (tertiary/aromatic N) is 1. The molecule has 2 heterocycles. The number of para-hydroxylation sites is 4. The van der Waals surface area contributed by atoms with Crippen LogP contribution in [0.4, 0.5) is 5.69 Å². The Bertz CT molecular complexity index is 2540. The summed E-state index contributed by atoms with van der Waals surface area (Å²) < 4.78 is 6.28. The summed E-state index contributed by atoms with van der Waals surface area (Å²) >= 11 is 0. The first kappa shape index (κ1) is 27.4. The number of aromatic amines is 1. The van der Waals surface area contributed by atoms with E-state index in [4.69, 9.17) is 15.5 Å². The predicted octanol–water partition coefficient (Wildman–Crippen LogP) is 10.7. The van der Waals surface area contributed by atoms with Gasteiger partial charge in [-0.25, -0.2) is 4.98 Å². The van der Waals surface area contributed by atoms with E-state index in [1.165, 1.54) is 27.1 Å². The topological polar surface area (TPSA) is 76.0 Å². The van der Waals surface area contributed by atoms with Gasteiger partial charge in [-0.05, 0) is 83.3 Å². The molecule has 1 aliphatic carbocycles. The molecule has 0 saturated carbocycles. The number of aromatic nitrogens is 2. The van der Waals surface area contributed by atoms with Gasteiger partial charge >= 0.3 is 0 Å². The van der Waals surface area contributed by atoms with Gasteiger partial charge in [0.25, 0.3) is 0 Å². The number of rotatable bonds is 6. The molecular formula is C42H32N4O. The van der Waals surface area contributed by atoms with Crippen molar-refractivity contribution >= 4 is 60.1 Å². The van der Waals surface area contributed by atoms with E-state index in [0.717, 1.165) is 74.1 Å². The zero-order valence-electron chi connectivity index (χ0n) is 25.7. The van der Waals surface area contributed by atoms with Crippen LogP contribution in [0.2, 0.25) is 0 Å². The molecule has 4 N–H and O–H groups in total. The van der Waals surface area contributed by atoms with Gasteiger partial charge in [-0.1, -0.05) is 91.0 Å². The van der Waals surface area contributed by atoms with Gasteiger partial charge in [-0.2, -0.15) is 0 Å². The number of H-pyrrole nitrogens is 1. The molecule has 0 saturated heterocycles. The van der Waals surface area contributed by atoms with Gasteiger partial charge in [0.1, 0.15) is 11.3 Å². The second kappa shape index (κ2) is 11.2. The van der Waals surface area contributed by atoms with E-state index in [1.54, 1.807) is 0 Å². The first-order valence-electron chi connectivity index (χ1n) is 16.1. The highest BCUT2D eigenvalue weighted by Gasteiger charge is 2.22. The van der Waals surface area contributed by atoms with E-state index in [9.17, 15) is 0 Å². The molecule has 226 valence electrons. The summed E-state index contributed by atoms with van der Waals surface area (Å²) in [6.45, 7) is 0. The SMILES string of the molecule is NC(C1=C(Nc2cccc3cc4cccc(Oc5ccccc5)c4nc23)C=CCC1)c1cccc2c1[nH]c1cc3ccccc3cc12. The largest absolute Gasteiger partial charge is 0.455 e. The molecular weight excluding hydrogens is 576 g/mol. The van der Waals surface area contributed by atoms with Crippen LogP contribution in [0.1, 0.15) is 24.4 Å². The molecule has 1 atom stereocenters. The highest BCUT2D eigenvalue weighted by molar-refractivity contribution is 6.12. The van der Waals surface area contributed by atoms with Gasteiger partial charge in [0, 0.05) is 32.8 Å². The Hall–Kier alpha value is -5.91. The standard InChI is InChI=1S/C42H32N4O/c43-39(33-19-10-18-31-34-24-26-11-4-5-12-27(26)25-37(34)45-42(31)33)32-17-6-7-20-35(32)44-36-21-8-13-28-23-29-14-9-22-38(41(29)46-40(28)36)47-30-15-2-1-3-16-30/h1-5,7-16,18-25,39,44-45H,6,17,43H2. The van der Waals surface area contributed by atoms with Crippen molar-refractivity contribution in [2.45, 2.75) is 18.9 Å². The summed E-state index contributed by atoms with van der Waals surface area (Å²) in [7, 11) is 0. The van der Waals surface area contributed by atoms with Crippen LogP contribution >= 0.6 is 0 Å². The first-order chi connectivity index (χ1) is 23.2. The number of hydrogen-bond donors (Lipinski definition) is 3. The molecule has 0 amide bonds. The Morgan fingerprint density at radius 1 is 0.702 bits per heavy atom. The lowest BCUT2D eigenvalue weighted by Gasteiger charge is -2.24. The number of ether oxygens (including phenoxy) is 1. The van der Waals surface area contributed by atoms with Crippen molar-refractivity contribution in [3.63, 3.8) is 0 Å². The van der Waals surface area contributed by atoms with E-state index < -0.39 is 0 Å². The quantitative estimate of drug-likeness (QED) is 0.164. The van der Waals surface area contributed by atoms with Crippen molar-refractivity contribution < 1.29 is 4.74 Å². The lowest BCUT2D eigenvalue weighted by molar-refractivity contribution is 0.487. The third kappa shape index (κ3) is 4.80. The Kier molecular flexibility index (Phi) is 6.51. The van der Waals surface area contributed by atoms with E-state index in [1.807, 2.05) is 42.5 Å². The van der Waals surface area contributed by atoms with Crippen LogP contribution in [0.3, 0.4) is 0 Å². The van der Waals surface area contributed by atoms with Crippen molar-refractivity contribution in [1.29, 1.82) is 0 Å². The Labute approximate surface area is 272 Å². The minimum absolute atomic E-state index is 0.289. The summed E-state index contributed by atoms with van der Waals surface area (Å²) in [6.07, 6.45) is 6.20. The molecule has 0 radical (unpaired) electrons. The fourth-order valence-corrected chi connectivity index (χ4v) is 7.01. The molecule has 1 unspecified atom stereocenters. The van der Waals surface area contributed by atoms with E-state index in [-0.39, 0.29) is 6.04 Å². The summed E-state index contributed by atoms with van der Waals surface area (Å²) in [5.74, 6) is 1.51. The monoisotopic (exact) mass is 608 g/mol. The molecule has 5 nitrogen and oxygen atoms in total. The van der Waals surface area contributed by atoms with Gasteiger partial charge in [-0.15, -0.1) is 0 Å². The summed E-state index contributed by atoms with van der Waals surface area (Å²) in [4.78, 5) is 8.91. The maximum absolute atomic E-state index is 7.20. The average molecular weight is 609 g/mol. The summed E-state index contributed by atoms with van der Waals surface area (Å²) in [6, 6.07) is 43.6. The van der Waals surface area contributed by atoms with Gasteiger partial charge in [0.05, 0.1) is 22.8 Å². The molecule has 0 aliphatic heterocycles. The molecule has 0 bridgehead atoms. The minimum atomic E-state index is -0.289. The number of benzene rings is 6. The molecule has 6 aromatic carbocycles. The van der Waals surface area contributed by atoms with E-state index in [2.05, 4.69) is 107 Å². The minimum Gasteiger partial charge on any atom is -0.455 e. The fourth-order valence-electron chi connectivity index (χ4n) is 7.01. The van der Waals surface area contributed by atoms with Gasteiger partial charge in [0.15, 0.2) is 5.75 Å². The van der Waals surface area contributed by atoms with Crippen molar-refractivity contribution in [2.24, 2.45) is 5.73 Å². The van der Waals surface area contributed by atoms with E-state index >= 15 is 0 Å². The maximum atomic E-state index is 7.20. The molecule has 0 spiro atoms. The van der Waals surface area contributed by atoms with Gasteiger partial charge in [0.2, 0.25) is 0 Å². The van der Waals surface area contributed by atoms with Crippen LogP contribution < -0.4 is 15.8 Å². The Balaban J connectivity index is 1.13. The third-order valence-corrected chi connectivity index (χ3v) is 9.33. The van der Waals surface area contributed by atoms with Crippen LogP contribution in [0.15, 0.2) is 151 Å². The number of hydrogen-bond acceptors (Lipinski definition) is 4. The summed E-state index contributed by atoms with van der Waals surface area (Å²) in [5, 5.41) is 10.7. The molecule has 5 heteroatoms. The second-order valence-corrected chi connectivity index (χ2v) is 12.2. The molecule has 47 heavy (non-hydrogen) atoms. The van der Waals surface area contributed by atoms with Crippen molar-refractivity contribution in [2.75, 3.05) is 5.32 Å². The number of allylic oxidation sites excluding steroid dienone is 2. The molecule has 9 rings (SSSR count). The number of anilines is 1. The number of pyridine rings is 1. The second-order valence-electron chi connectivity index (χ2n) is 12.2. The molecule has 8 aromatic rings. The molecule has 2 aromatic heterocycles. The van der Waals surface area contributed by atoms with Gasteiger partial charge in [-0.3, -0.25) is 0 Å². The van der Waals surface area contributed by atoms with Crippen molar-refractivity contribution in [1.82, 2.24) is 9.97 Å². The van der Waals surface area contributed by atoms with Crippen molar-refractivity contribution in [3.8, 4) is 11.5 Å². The van der Waals surface area contributed by atoms with Crippen LogP contribution in [-0.4, -0.2) is 9.97 Å². The lowest BCUT2D eigenvalue weighted by atomic mass is 9.90. The van der Waals surface area contributed by atoms with E-state index in [0.29, 0.717) is 0 Å². The predicted molar refractivity (Wildman–Crippen MR) is 195 cm³/mol. The molecule has 0 fully saturated rings. The van der Waals surface area contributed by atoms with Crippen LogP contribution in [0, 0.1) is 0 Å². The fraction of sp³-hybridized carbons (Fsp3) is 0.0714. The smallest absolute Gasteiger partial charge is 0.153 e. The van der Waals surface area contributed by atoms with Crippen LogP contribution in [-0.2, 0) is 0 Å².